The summed E-state index contributed by atoms with van der Waals surface area (Å²) in [6.45, 7) is 4.95. The van der Waals surface area contributed by atoms with Gasteiger partial charge in [-0.15, -0.1) is 0 Å². The van der Waals surface area contributed by atoms with E-state index in [1.54, 1.807) is 0 Å². The zero-order chi connectivity index (χ0) is 23.7. The smallest absolute Gasteiger partial charge is 0.164 e. The van der Waals surface area contributed by atoms with Crippen molar-refractivity contribution < 1.29 is 8.95 Å². The number of nitrogen functional groups attached to an aromatic ring is 1. The SMILES string of the molecule is C=CS(=C)(=O)N1CCC(n2nc(-c3ccc(Oc4ccccc4)cc3)c3c(N)ncnc32)CC1. The predicted molar refractivity (Wildman–Crippen MR) is 137 cm³/mol. The van der Waals surface area contributed by atoms with Gasteiger partial charge in [-0.3, -0.25) is 0 Å². The van der Waals surface area contributed by atoms with Gasteiger partial charge in [0.2, 0.25) is 0 Å². The zero-order valence-corrected chi connectivity index (χ0v) is 19.5. The lowest BCUT2D eigenvalue weighted by atomic mass is 10.1. The first-order valence-electron chi connectivity index (χ1n) is 11.0. The van der Waals surface area contributed by atoms with Gasteiger partial charge in [-0.05, 0) is 55.1 Å². The van der Waals surface area contributed by atoms with E-state index >= 15 is 0 Å². The standard InChI is InChI=1S/C25H26N6O2S/c1-3-34(2,32)30-15-13-19(14-16-30)31-25-22(24(26)27-17-28-25)23(29-31)18-9-11-21(12-10-18)33-20-7-5-4-6-8-20/h3-12,17,19H,1-2,13-16H2,(H2,26,27,28). The number of hydrogen-bond donors (Lipinski definition) is 1. The summed E-state index contributed by atoms with van der Waals surface area (Å²) in [5.41, 5.74) is 8.60. The number of ether oxygens (including phenoxy) is 1. The van der Waals surface area contributed by atoms with Crippen LogP contribution in [-0.4, -0.2) is 47.2 Å². The Morgan fingerprint density at radius 2 is 1.71 bits per heavy atom. The average Bonchev–Trinajstić information content (AvgIpc) is 3.26. The van der Waals surface area contributed by atoms with Crippen molar-refractivity contribution in [1.82, 2.24) is 24.1 Å². The average molecular weight is 475 g/mol. The number of nitrogens with two attached hydrogens (primary N) is 1. The highest BCUT2D eigenvalue weighted by atomic mass is 32.2. The summed E-state index contributed by atoms with van der Waals surface area (Å²) in [5.74, 6) is 5.71. The predicted octanol–water partition coefficient (Wildman–Crippen LogP) is 4.28. The highest BCUT2D eigenvalue weighted by molar-refractivity contribution is 8.00. The molecule has 0 bridgehead atoms. The molecule has 1 unspecified atom stereocenters. The number of anilines is 1. The van der Waals surface area contributed by atoms with Crippen molar-refractivity contribution in [2.75, 3.05) is 18.8 Å². The molecular weight excluding hydrogens is 448 g/mol. The van der Waals surface area contributed by atoms with E-state index in [4.69, 9.17) is 15.6 Å². The Kier molecular flexibility index (Phi) is 5.80. The van der Waals surface area contributed by atoms with Gasteiger partial charge in [0.05, 0.1) is 11.4 Å². The maximum Gasteiger partial charge on any atom is 0.164 e. The minimum Gasteiger partial charge on any atom is -0.457 e. The summed E-state index contributed by atoms with van der Waals surface area (Å²) in [4.78, 5) is 8.71. The molecule has 2 aromatic carbocycles. The van der Waals surface area contributed by atoms with Crippen molar-refractivity contribution in [3.8, 4) is 22.8 Å². The molecule has 8 nitrogen and oxygen atoms in total. The maximum absolute atomic E-state index is 12.6. The Labute approximate surface area is 198 Å². The molecule has 174 valence electrons. The second kappa shape index (κ2) is 8.92. The number of hydrogen-bond acceptors (Lipinski definition) is 6. The lowest BCUT2D eigenvalue weighted by molar-refractivity contribution is 0.274. The molecule has 0 aliphatic carbocycles. The minimum absolute atomic E-state index is 0.0995. The molecule has 0 radical (unpaired) electrons. The normalized spacial score (nSPS) is 16.8. The highest BCUT2D eigenvalue weighted by Gasteiger charge is 2.28. The fourth-order valence-electron chi connectivity index (χ4n) is 4.26. The van der Waals surface area contributed by atoms with Gasteiger partial charge in [0.15, 0.2) is 5.65 Å². The quantitative estimate of drug-likeness (QED) is 0.419. The van der Waals surface area contributed by atoms with E-state index in [0.717, 1.165) is 41.0 Å². The number of piperidine rings is 1. The van der Waals surface area contributed by atoms with Gasteiger partial charge < -0.3 is 10.5 Å². The van der Waals surface area contributed by atoms with Crippen LogP contribution in [-0.2, 0) is 9.71 Å². The van der Waals surface area contributed by atoms with Gasteiger partial charge >= 0.3 is 0 Å². The Morgan fingerprint density at radius 1 is 1.03 bits per heavy atom. The van der Waals surface area contributed by atoms with E-state index in [9.17, 15) is 4.21 Å². The largest absolute Gasteiger partial charge is 0.457 e. The molecule has 34 heavy (non-hydrogen) atoms. The molecule has 1 fully saturated rings. The maximum atomic E-state index is 12.6. The summed E-state index contributed by atoms with van der Waals surface area (Å²) in [6, 6.07) is 17.5. The molecule has 0 amide bonds. The fourth-order valence-corrected chi connectivity index (χ4v) is 5.30. The van der Waals surface area contributed by atoms with Crippen LogP contribution in [0.5, 0.6) is 11.5 Å². The number of nitrogens with zero attached hydrogens (tertiary/aromatic N) is 5. The molecule has 0 saturated carbocycles. The topological polar surface area (TPSA) is 99.2 Å². The van der Waals surface area contributed by atoms with Crippen LogP contribution in [0.15, 0.2) is 72.9 Å². The number of aromatic nitrogens is 4. The van der Waals surface area contributed by atoms with E-state index < -0.39 is 9.71 Å². The van der Waals surface area contributed by atoms with Crippen molar-refractivity contribution in [2.45, 2.75) is 18.9 Å². The van der Waals surface area contributed by atoms with Crippen LogP contribution in [0.4, 0.5) is 5.82 Å². The van der Waals surface area contributed by atoms with Crippen molar-refractivity contribution in [3.05, 3.63) is 72.9 Å². The lowest BCUT2D eigenvalue weighted by Crippen LogP contribution is -2.38. The molecule has 1 saturated heterocycles. The van der Waals surface area contributed by atoms with E-state index in [1.807, 2.05) is 63.6 Å². The Morgan fingerprint density at radius 3 is 2.38 bits per heavy atom. The summed E-state index contributed by atoms with van der Waals surface area (Å²) in [6.07, 6.45) is 3.00. The van der Waals surface area contributed by atoms with Crippen LogP contribution >= 0.6 is 0 Å². The van der Waals surface area contributed by atoms with Gasteiger partial charge in [-0.2, -0.15) is 5.10 Å². The summed E-state index contributed by atoms with van der Waals surface area (Å²) >= 11 is 0. The van der Waals surface area contributed by atoms with E-state index in [2.05, 4.69) is 22.4 Å². The van der Waals surface area contributed by atoms with Gasteiger partial charge in [0, 0.05) is 33.8 Å². The molecule has 2 aromatic heterocycles. The lowest BCUT2D eigenvalue weighted by Gasteiger charge is -2.32. The molecule has 1 aliphatic heterocycles. The zero-order valence-electron chi connectivity index (χ0n) is 18.7. The summed E-state index contributed by atoms with van der Waals surface area (Å²) in [5, 5.41) is 7.10. The van der Waals surface area contributed by atoms with Crippen molar-refractivity contribution >= 4 is 32.4 Å². The third kappa shape index (κ3) is 4.15. The Hall–Kier alpha value is -3.69. The monoisotopic (exact) mass is 474 g/mol. The highest BCUT2D eigenvalue weighted by Crippen LogP contribution is 2.35. The first-order chi connectivity index (χ1) is 16.5. The second-order valence-electron chi connectivity index (χ2n) is 8.21. The molecule has 3 heterocycles. The molecule has 1 aliphatic rings. The van der Waals surface area contributed by atoms with Crippen LogP contribution in [0.3, 0.4) is 0 Å². The summed E-state index contributed by atoms with van der Waals surface area (Å²) < 4.78 is 22.3. The Balaban J connectivity index is 1.46. The molecule has 4 aromatic rings. The van der Waals surface area contributed by atoms with Crippen molar-refractivity contribution in [2.24, 2.45) is 0 Å². The van der Waals surface area contributed by atoms with Crippen LogP contribution in [0.25, 0.3) is 22.3 Å². The molecule has 0 spiro atoms. The molecule has 9 heteroatoms. The first-order valence-corrected chi connectivity index (χ1v) is 12.8. The van der Waals surface area contributed by atoms with E-state index in [-0.39, 0.29) is 6.04 Å². The number of rotatable bonds is 6. The van der Waals surface area contributed by atoms with Crippen LogP contribution in [0.2, 0.25) is 0 Å². The third-order valence-corrected chi connectivity index (χ3v) is 7.85. The number of fused-ring (bicyclic) bond motifs is 1. The minimum atomic E-state index is -2.43. The molecular formula is C25H26N6O2S. The van der Waals surface area contributed by atoms with Gasteiger partial charge in [-0.1, -0.05) is 24.8 Å². The molecule has 2 N–H and O–H groups in total. The van der Waals surface area contributed by atoms with Crippen LogP contribution in [0, 0.1) is 0 Å². The second-order valence-corrected chi connectivity index (χ2v) is 10.4. The van der Waals surface area contributed by atoms with E-state index in [0.29, 0.717) is 24.6 Å². The third-order valence-electron chi connectivity index (χ3n) is 6.09. The molecule has 1 atom stereocenters. The molecule has 5 rings (SSSR count). The van der Waals surface area contributed by atoms with Gasteiger partial charge in [-0.25, -0.2) is 23.2 Å². The first kappa shape index (κ1) is 22.1. The number of benzene rings is 2. The van der Waals surface area contributed by atoms with Crippen molar-refractivity contribution in [1.29, 1.82) is 0 Å². The van der Waals surface area contributed by atoms with Gasteiger partial charge in [0.25, 0.3) is 0 Å². The van der Waals surface area contributed by atoms with Crippen LogP contribution < -0.4 is 10.5 Å². The Bertz CT molecular complexity index is 1420. The van der Waals surface area contributed by atoms with Gasteiger partial charge in [0.1, 0.15) is 29.3 Å². The van der Waals surface area contributed by atoms with Crippen molar-refractivity contribution in [3.63, 3.8) is 0 Å². The number of para-hydroxylation sites is 1. The van der Waals surface area contributed by atoms with Crippen LogP contribution in [0.1, 0.15) is 18.9 Å². The fraction of sp³-hybridized carbons (Fsp3) is 0.200. The summed E-state index contributed by atoms with van der Waals surface area (Å²) in [7, 11) is -2.43. The van der Waals surface area contributed by atoms with E-state index in [1.165, 1.54) is 11.7 Å².